The van der Waals surface area contributed by atoms with Crippen molar-refractivity contribution < 1.29 is 14.6 Å². The largest absolute Gasteiger partial charge is 0.545 e. The molecule has 0 aliphatic heterocycles. The van der Waals surface area contributed by atoms with Crippen molar-refractivity contribution in [1.82, 2.24) is 4.98 Å². The summed E-state index contributed by atoms with van der Waals surface area (Å²) < 4.78 is 1.20. The molecule has 4 N–H and O–H groups in total. The van der Waals surface area contributed by atoms with E-state index in [0.29, 0.717) is 11.0 Å². The predicted molar refractivity (Wildman–Crippen MR) is 74.3 cm³/mol. The predicted octanol–water partition coefficient (Wildman–Crippen LogP) is -0.0146. The maximum absolute atomic E-state index is 10.4. The van der Waals surface area contributed by atoms with Gasteiger partial charge in [-0.2, -0.15) is 0 Å². The first-order valence-corrected chi connectivity index (χ1v) is 6.05. The van der Waals surface area contributed by atoms with Gasteiger partial charge < -0.3 is 9.90 Å². The molecule has 1 aromatic heterocycles. The van der Waals surface area contributed by atoms with Crippen LogP contribution in [0.25, 0.3) is 0 Å². The second kappa shape index (κ2) is 6.72. The van der Waals surface area contributed by atoms with Gasteiger partial charge in [0.05, 0.1) is 5.97 Å². The Morgan fingerprint density at radius 3 is 2.25 bits per heavy atom. The van der Waals surface area contributed by atoms with Crippen LogP contribution in [0.2, 0.25) is 5.15 Å². The standard InChI is InChI=1S/C9H10O2.C4H5ClN4/c1-6-3-7(2)5-8(4-6)9(10)11;5-3-2-9(7)4(6)1-8-3/h3-5H,1-2H3,(H,10,11);1-2,6H,7H2. The maximum Gasteiger partial charge on any atom is 0.314 e. The molecule has 0 radical (unpaired) electrons. The van der Waals surface area contributed by atoms with Crippen molar-refractivity contribution in [1.29, 1.82) is 0 Å². The number of aryl methyl sites for hydroxylation is 2. The number of hydrogen-bond donors (Lipinski definition) is 2. The molecular formula is C13H15ClN4O2. The van der Waals surface area contributed by atoms with E-state index in [9.17, 15) is 9.90 Å². The van der Waals surface area contributed by atoms with Crippen molar-refractivity contribution in [2.75, 3.05) is 11.6 Å². The van der Waals surface area contributed by atoms with Crippen molar-refractivity contribution in [3.63, 3.8) is 0 Å². The minimum absolute atomic E-state index is 0.252. The highest BCUT2D eigenvalue weighted by Crippen LogP contribution is 2.07. The number of carbonyl (C=O) groups is 1. The van der Waals surface area contributed by atoms with Gasteiger partial charge >= 0.3 is 5.82 Å². The van der Waals surface area contributed by atoms with Crippen LogP contribution in [0, 0.1) is 13.8 Å². The zero-order valence-electron chi connectivity index (χ0n) is 11.1. The lowest BCUT2D eigenvalue weighted by molar-refractivity contribution is -0.624. The zero-order chi connectivity index (χ0) is 15.3. The Morgan fingerprint density at radius 2 is 1.85 bits per heavy atom. The lowest BCUT2D eigenvalue weighted by Gasteiger charge is -2.04. The van der Waals surface area contributed by atoms with Crippen molar-refractivity contribution >= 4 is 23.4 Å². The van der Waals surface area contributed by atoms with Crippen molar-refractivity contribution in [3.8, 4) is 0 Å². The van der Waals surface area contributed by atoms with E-state index >= 15 is 0 Å². The van der Waals surface area contributed by atoms with Crippen LogP contribution in [0.15, 0.2) is 30.6 Å². The third kappa shape index (κ3) is 4.74. The minimum Gasteiger partial charge on any atom is -0.545 e. The van der Waals surface area contributed by atoms with E-state index in [1.54, 1.807) is 12.1 Å². The Labute approximate surface area is 121 Å². The molecule has 0 spiro atoms. The number of carbonyl (C=O) groups excluding carboxylic acids is 1. The van der Waals surface area contributed by atoms with Gasteiger partial charge in [-0.3, -0.25) is 11.6 Å². The van der Waals surface area contributed by atoms with Gasteiger partial charge in [-0.15, -0.1) is 4.68 Å². The molecule has 1 heterocycles. The smallest absolute Gasteiger partial charge is 0.314 e. The summed E-state index contributed by atoms with van der Waals surface area (Å²) in [6.45, 7) is 3.72. The molecule has 0 fully saturated rings. The van der Waals surface area contributed by atoms with Crippen LogP contribution in [-0.2, 0) is 0 Å². The van der Waals surface area contributed by atoms with Crippen LogP contribution < -0.4 is 21.4 Å². The molecule has 0 unspecified atom stereocenters. The number of carboxylic acids is 1. The van der Waals surface area contributed by atoms with Gasteiger partial charge in [-0.1, -0.05) is 40.9 Å². The summed E-state index contributed by atoms with van der Waals surface area (Å²) in [6, 6.07) is 5.12. The summed E-state index contributed by atoms with van der Waals surface area (Å²) in [5.41, 5.74) is 7.45. The number of nitrogen functional groups attached to an aromatic ring is 2. The summed E-state index contributed by atoms with van der Waals surface area (Å²) in [5, 5.41) is 10.7. The fourth-order valence-corrected chi connectivity index (χ4v) is 1.66. The summed E-state index contributed by atoms with van der Waals surface area (Å²) in [6.07, 6.45) is 2.82. The second-order valence-electron chi connectivity index (χ2n) is 4.21. The molecule has 0 atom stereocenters. The van der Waals surface area contributed by atoms with Crippen LogP contribution in [0.1, 0.15) is 21.5 Å². The average molecular weight is 295 g/mol. The van der Waals surface area contributed by atoms with Gasteiger partial charge in [0.25, 0.3) is 0 Å². The van der Waals surface area contributed by atoms with Crippen LogP contribution in [0.3, 0.4) is 0 Å². The molecule has 1 aromatic carbocycles. The Hall–Kier alpha value is -2.34. The van der Waals surface area contributed by atoms with E-state index in [2.05, 4.69) is 4.98 Å². The monoisotopic (exact) mass is 294 g/mol. The van der Waals surface area contributed by atoms with Crippen molar-refractivity contribution in [2.24, 2.45) is 0 Å². The van der Waals surface area contributed by atoms with E-state index in [1.165, 1.54) is 17.1 Å². The number of nitrogens with zero attached hydrogens (tertiary/aromatic N) is 2. The van der Waals surface area contributed by atoms with Crippen LogP contribution in [0.4, 0.5) is 5.82 Å². The van der Waals surface area contributed by atoms with Crippen LogP contribution in [-0.4, -0.2) is 11.0 Å². The van der Waals surface area contributed by atoms with Gasteiger partial charge in [0.1, 0.15) is 6.20 Å². The minimum atomic E-state index is -1.11. The first kappa shape index (κ1) is 15.7. The number of hydrogen-bond acceptors (Lipinski definition) is 5. The number of benzene rings is 1. The first-order valence-electron chi connectivity index (χ1n) is 5.67. The molecular weight excluding hydrogens is 280 g/mol. The van der Waals surface area contributed by atoms with Gasteiger partial charge in [0, 0.05) is 0 Å². The number of nitrogens with two attached hydrogens (primary N) is 2. The van der Waals surface area contributed by atoms with Gasteiger partial charge in [0.2, 0.25) is 0 Å². The second-order valence-corrected chi connectivity index (χ2v) is 4.59. The lowest BCUT2D eigenvalue weighted by Crippen LogP contribution is -2.46. The number of aromatic nitrogens is 2. The van der Waals surface area contributed by atoms with Crippen molar-refractivity contribution in [3.05, 3.63) is 52.4 Å². The Morgan fingerprint density at radius 1 is 1.30 bits per heavy atom. The maximum atomic E-state index is 10.4. The lowest BCUT2D eigenvalue weighted by atomic mass is 10.1. The SMILES string of the molecule is Cc1cc(C)cc(C(=O)[O-])c1.Nc1cnc(Cl)c[n+]1N. The molecule has 0 amide bonds. The van der Waals surface area contributed by atoms with E-state index in [1.807, 2.05) is 19.9 Å². The summed E-state index contributed by atoms with van der Waals surface area (Å²) >= 11 is 5.45. The zero-order valence-corrected chi connectivity index (χ0v) is 11.9. The molecule has 0 bridgehead atoms. The fraction of sp³-hybridized carbons (Fsp3) is 0.154. The Bertz CT molecular complexity index is 612. The molecule has 0 saturated heterocycles. The van der Waals surface area contributed by atoms with Crippen LogP contribution in [0.5, 0.6) is 0 Å². The van der Waals surface area contributed by atoms with E-state index in [0.717, 1.165) is 11.1 Å². The number of carboxylic acid groups (broad SMARTS) is 1. The van der Waals surface area contributed by atoms with E-state index in [4.69, 9.17) is 23.2 Å². The highest BCUT2D eigenvalue weighted by Gasteiger charge is 1.99. The molecule has 2 aromatic rings. The number of halogens is 1. The third-order valence-corrected chi connectivity index (χ3v) is 2.52. The first-order chi connectivity index (χ1) is 9.29. The molecule has 20 heavy (non-hydrogen) atoms. The topological polar surface area (TPSA) is 109 Å². The van der Waals surface area contributed by atoms with Crippen LogP contribution >= 0.6 is 11.6 Å². The number of aromatic carboxylic acids is 1. The highest BCUT2D eigenvalue weighted by molar-refractivity contribution is 6.29. The van der Waals surface area contributed by atoms with Crippen molar-refractivity contribution in [2.45, 2.75) is 13.8 Å². The van der Waals surface area contributed by atoms with E-state index in [-0.39, 0.29) is 5.56 Å². The number of rotatable bonds is 1. The summed E-state index contributed by atoms with van der Waals surface area (Å²) in [4.78, 5) is 14.1. The average Bonchev–Trinajstić information content (AvgIpc) is 2.34. The van der Waals surface area contributed by atoms with Gasteiger partial charge in [0.15, 0.2) is 11.3 Å². The molecule has 0 aliphatic rings. The highest BCUT2D eigenvalue weighted by atomic mass is 35.5. The van der Waals surface area contributed by atoms with Gasteiger partial charge in [-0.25, -0.2) is 4.98 Å². The number of anilines is 1. The molecule has 0 aliphatic carbocycles. The Kier molecular flexibility index (Phi) is 5.28. The van der Waals surface area contributed by atoms with E-state index < -0.39 is 5.97 Å². The summed E-state index contributed by atoms with van der Waals surface area (Å²) in [5.74, 6) is 4.55. The fourth-order valence-electron chi connectivity index (χ4n) is 1.51. The molecule has 2 rings (SSSR count). The van der Waals surface area contributed by atoms with Gasteiger partial charge in [-0.05, 0) is 19.4 Å². The normalized spacial score (nSPS) is 9.55. The third-order valence-electron chi connectivity index (χ3n) is 2.32. The molecule has 0 saturated carbocycles. The Balaban J connectivity index is 0.000000204. The molecule has 106 valence electrons. The summed E-state index contributed by atoms with van der Waals surface area (Å²) in [7, 11) is 0. The molecule has 6 nitrogen and oxygen atoms in total. The molecule has 7 heteroatoms. The quantitative estimate of drug-likeness (QED) is 0.568.